The van der Waals surface area contributed by atoms with Crippen LogP contribution in [0.4, 0.5) is 0 Å². The SMILES string of the molecule is C[C@H](NC(=O)CSc1nc(CN2CCOCC2)nc2ccccc12)c1ccccc1Cl. The first-order valence-corrected chi connectivity index (χ1v) is 11.7. The number of nitrogens with one attached hydrogen (secondary N) is 1. The highest BCUT2D eigenvalue weighted by Crippen LogP contribution is 2.26. The fourth-order valence-corrected chi connectivity index (χ4v) is 4.70. The first kappa shape index (κ1) is 22.0. The lowest BCUT2D eigenvalue weighted by atomic mass is 10.1. The first-order valence-electron chi connectivity index (χ1n) is 10.3. The highest BCUT2D eigenvalue weighted by atomic mass is 35.5. The quantitative estimate of drug-likeness (QED) is 0.426. The van der Waals surface area contributed by atoms with Gasteiger partial charge in [0.05, 0.1) is 37.1 Å². The average molecular weight is 457 g/mol. The van der Waals surface area contributed by atoms with Crippen LogP contribution in [0.1, 0.15) is 24.4 Å². The predicted molar refractivity (Wildman–Crippen MR) is 124 cm³/mol. The number of carbonyl (C=O) groups excluding carboxylic acids is 1. The molecule has 6 nitrogen and oxygen atoms in total. The van der Waals surface area contributed by atoms with Gasteiger partial charge >= 0.3 is 0 Å². The van der Waals surface area contributed by atoms with Gasteiger partial charge in [0.2, 0.25) is 5.91 Å². The molecule has 1 aliphatic heterocycles. The Labute approximate surface area is 191 Å². The van der Waals surface area contributed by atoms with E-state index in [1.54, 1.807) is 0 Å². The molecule has 0 radical (unpaired) electrons. The number of para-hydroxylation sites is 1. The maximum absolute atomic E-state index is 12.6. The Morgan fingerprint density at radius 2 is 1.90 bits per heavy atom. The second kappa shape index (κ2) is 10.4. The van der Waals surface area contributed by atoms with Crippen molar-refractivity contribution in [2.24, 2.45) is 0 Å². The van der Waals surface area contributed by atoms with Gasteiger partial charge in [-0.15, -0.1) is 0 Å². The molecule has 31 heavy (non-hydrogen) atoms. The summed E-state index contributed by atoms with van der Waals surface area (Å²) in [6.45, 7) is 5.84. The van der Waals surface area contributed by atoms with Crippen LogP contribution >= 0.6 is 23.4 Å². The summed E-state index contributed by atoms with van der Waals surface area (Å²) < 4.78 is 5.43. The van der Waals surface area contributed by atoms with Crippen LogP contribution in [0.5, 0.6) is 0 Å². The summed E-state index contributed by atoms with van der Waals surface area (Å²) in [7, 11) is 0. The predicted octanol–water partition coefficient (Wildman–Crippen LogP) is 4.08. The zero-order valence-electron chi connectivity index (χ0n) is 17.4. The molecular weight excluding hydrogens is 432 g/mol. The Hall–Kier alpha value is -2.19. The van der Waals surface area contributed by atoms with Crippen LogP contribution in [-0.2, 0) is 16.1 Å². The summed E-state index contributed by atoms with van der Waals surface area (Å²) in [5.41, 5.74) is 1.80. The van der Waals surface area contributed by atoms with Gasteiger partial charge < -0.3 is 10.1 Å². The summed E-state index contributed by atoms with van der Waals surface area (Å²) in [4.78, 5) is 24.4. The molecule has 1 aromatic heterocycles. The van der Waals surface area contributed by atoms with Crippen LogP contribution in [-0.4, -0.2) is 52.8 Å². The molecule has 0 unspecified atom stereocenters. The minimum absolute atomic E-state index is 0.0603. The van der Waals surface area contributed by atoms with E-state index < -0.39 is 0 Å². The maximum atomic E-state index is 12.6. The van der Waals surface area contributed by atoms with E-state index in [-0.39, 0.29) is 17.7 Å². The van der Waals surface area contributed by atoms with Crippen molar-refractivity contribution < 1.29 is 9.53 Å². The van der Waals surface area contributed by atoms with Crippen LogP contribution in [0.3, 0.4) is 0 Å². The van der Waals surface area contributed by atoms with E-state index in [2.05, 4.69) is 10.2 Å². The van der Waals surface area contributed by atoms with Crippen molar-refractivity contribution >= 4 is 40.2 Å². The zero-order chi connectivity index (χ0) is 21.6. The average Bonchev–Trinajstić information content (AvgIpc) is 2.78. The van der Waals surface area contributed by atoms with E-state index in [9.17, 15) is 4.79 Å². The Bertz CT molecular complexity index is 1060. The van der Waals surface area contributed by atoms with E-state index in [4.69, 9.17) is 26.3 Å². The van der Waals surface area contributed by atoms with Crippen molar-refractivity contribution in [3.05, 3.63) is 64.9 Å². The standard InChI is InChI=1S/C23H25ClN4O2S/c1-16(17-6-2-4-8-19(17)24)25-22(29)15-31-23-18-7-3-5-9-20(18)26-21(27-23)14-28-10-12-30-13-11-28/h2-9,16H,10-15H2,1H3,(H,25,29)/t16-/m0/s1. The van der Waals surface area contributed by atoms with Gasteiger partial charge in [-0.25, -0.2) is 9.97 Å². The van der Waals surface area contributed by atoms with Gasteiger partial charge in [-0.05, 0) is 24.6 Å². The third kappa shape index (κ3) is 5.74. The molecule has 0 aliphatic carbocycles. The summed E-state index contributed by atoms with van der Waals surface area (Å²) >= 11 is 7.69. The number of morpholine rings is 1. The second-order valence-corrected chi connectivity index (χ2v) is 8.82. The normalized spacial score (nSPS) is 15.7. The molecular formula is C23H25ClN4O2S. The van der Waals surface area contributed by atoms with E-state index in [1.807, 2.05) is 55.5 Å². The number of rotatable bonds is 7. The molecule has 1 amide bonds. The number of benzene rings is 2. The van der Waals surface area contributed by atoms with Crippen molar-refractivity contribution in [1.29, 1.82) is 0 Å². The number of halogens is 1. The lowest BCUT2D eigenvalue weighted by molar-refractivity contribution is -0.119. The fraction of sp³-hybridized carbons (Fsp3) is 0.348. The molecule has 2 heterocycles. The first-order chi connectivity index (χ1) is 15.1. The molecule has 1 atom stereocenters. The lowest BCUT2D eigenvalue weighted by Crippen LogP contribution is -2.36. The molecule has 0 spiro atoms. The molecule has 8 heteroatoms. The molecule has 1 N–H and O–H groups in total. The molecule has 2 aromatic carbocycles. The molecule has 3 aromatic rings. The largest absolute Gasteiger partial charge is 0.379 e. The summed E-state index contributed by atoms with van der Waals surface area (Å²) in [6, 6.07) is 15.3. The molecule has 1 fully saturated rings. The molecule has 4 rings (SSSR count). The molecule has 162 valence electrons. The summed E-state index contributed by atoms with van der Waals surface area (Å²) in [6.07, 6.45) is 0. The number of fused-ring (bicyclic) bond motifs is 1. The Morgan fingerprint density at radius 3 is 2.71 bits per heavy atom. The lowest BCUT2D eigenvalue weighted by Gasteiger charge is -2.25. The minimum atomic E-state index is -0.166. The number of nitrogens with zero attached hydrogens (tertiary/aromatic N) is 3. The van der Waals surface area contributed by atoms with E-state index >= 15 is 0 Å². The minimum Gasteiger partial charge on any atom is -0.379 e. The molecule has 0 bridgehead atoms. The number of carbonyl (C=O) groups is 1. The number of amides is 1. The van der Waals surface area contributed by atoms with Crippen LogP contribution in [0.15, 0.2) is 53.6 Å². The van der Waals surface area contributed by atoms with Gasteiger partial charge in [0.1, 0.15) is 10.9 Å². The highest BCUT2D eigenvalue weighted by molar-refractivity contribution is 8.00. The Morgan fingerprint density at radius 1 is 1.16 bits per heavy atom. The molecule has 1 saturated heterocycles. The van der Waals surface area contributed by atoms with Crippen LogP contribution in [0, 0.1) is 0 Å². The van der Waals surface area contributed by atoms with E-state index in [0.29, 0.717) is 11.6 Å². The molecule has 0 saturated carbocycles. The Balaban J connectivity index is 1.45. The van der Waals surface area contributed by atoms with Crippen LogP contribution in [0.25, 0.3) is 10.9 Å². The highest BCUT2D eigenvalue weighted by Gasteiger charge is 2.16. The van der Waals surface area contributed by atoms with Crippen molar-refractivity contribution in [2.45, 2.75) is 24.5 Å². The van der Waals surface area contributed by atoms with Crippen molar-refractivity contribution in [3.63, 3.8) is 0 Å². The van der Waals surface area contributed by atoms with Crippen molar-refractivity contribution in [3.8, 4) is 0 Å². The topological polar surface area (TPSA) is 67.4 Å². The number of hydrogen-bond donors (Lipinski definition) is 1. The number of ether oxygens (including phenoxy) is 1. The van der Waals surface area contributed by atoms with E-state index in [0.717, 1.165) is 53.6 Å². The van der Waals surface area contributed by atoms with Gasteiger partial charge in [-0.2, -0.15) is 0 Å². The van der Waals surface area contributed by atoms with Crippen molar-refractivity contribution in [2.75, 3.05) is 32.1 Å². The monoisotopic (exact) mass is 456 g/mol. The maximum Gasteiger partial charge on any atom is 0.230 e. The smallest absolute Gasteiger partial charge is 0.230 e. The van der Waals surface area contributed by atoms with E-state index in [1.165, 1.54) is 11.8 Å². The number of thioether (sulfide) groups is 1. The third-order valence-electron chi connectivity index (χ3n) is 5.17. The Kier molecular flexibility index (Phi) is 7.40. The van der Waals surface area contributed by atoms with Crippen LogP contribution < -0.4 is 5.32 Å². The third-order valence-corrected chi connectivity index (χ3v) is 6.51. The zero-order valence-corrected chi connectivity index (χ0v) is 19.0. The second-order valence-electron chi connectivity index (χ2n) is 7.45. The van der Waals surface area contributed by atoms with Gasteiger partial charge in [0.15, 0.2) is 0 Å². The van der Waals surface area contributed by atoms with Crippen molar-refractivity contribution in [1.82, 2.24) is 20.2 Å². The van der Waals surface area contributed by atoms with Gasteiger partial charge in [-0.1, -0.05) is 59.8 Å². The molecule has 1 aliphatic rings. The van der Waals surface area contributed by atoms with Crippen LogP contribution in [0.2, 0.25) is 5.02 Å². The summed E-state index contributed by atoms with van der Waals surface area (Å²) in [5, 5.41) is 5.47. The number of aromatic nitrogens is 2. The number of hydrogen-bond acceptors (Lipinski definition) is 6. The summed E-state index contributed by atoms with van der Waals surface area (Å²) in [5.74, 6) is 0.982. The fourth-order valence-electron chi connectivity index (χ4n) is 3.55. The van der Waals surface area contributed by atoms with Gasteiger partial charge in [0.25, 0.3) is 0 Å². The van der Waals surface area contributed by atoms with Gasteiger partial charge in [0, 0.05) is 23.5 Å². The van der Waals surface area contributed by atoms with Gasteiger partial charge in [-0.3, -0.25) is 9.69 Å².